The number of fused-ring (bicyclic) bond motifs is 1. The van der Waals surface area contributed by atoms with Gasteiger partial charge in [0, 0.05) is 45.2 Å². The monoisotopic (exact) mass is 369 g/mol. The van der Waals surface area contributed by atoms with Gasteiger partial charge in [-0.3, -0.25) is 14.5 Å². The van der Waals surface area contributed by atoms with Crippen LogP contribution in [0.15, 0.2) is 30.5 Å². The maximum absolute atomic E-state index is 12.6. The Labute approximate surface area is 159 Å². The summed E-state index contributed by atoms with van der Waals surface area (Å²) >= 11 is 0. The lowest BCUT2D eigenvalue weighted by Crippen LogP contribution is -2.43. The lowest BCUT2D eigenvalue weighted by Gasteiger charge is -2.32. The Morgan fingerprint density at radius 3 is 3.11 bits per heavy atom. The van der Waals surface area contributed by atoms with Crippen molar-refractivity contribution in [2.24, 2.45) is 0 Å². The minimum absolute atomic E-state index is 0.0932. The van der Waals surface area contributed by atoms with Crippen LogP contribution in [0.2, 0.25) is 0 Å². The van der Waals surface area contributed by atoms with Crippen molar-refractivity contribution < 1.29 is 9.53 Å². The van der Waals surface area contributed by atoms with Crippen LogP contribution in [-0.2, 0) is 35.6 Å². The number of piperidine rings is 1. The second-order valence-electron chi connectivity index (χ2n) is 7.26. The summed E-state index contributed by atoms with van der Waals surface area (Å²) in [6.45, 7) is 4.73. The van der Waals surface area contributed by atoms with Crippen molar-refractivity contribution in [3.63, 3.8) is 0 Å². The molecule has 7 nitrogen and oxygen atoms in total. The second kappa shape index (κ2) is 8.63. The van der Waals surface area contributed by atoms with E-state index in [1.165, 1.54) is 5.69 Å². The molecule has 0 aliphatic carbocycles. The first-order chi connectivity index (χ1) is 13.3. The normalized spacial score (nSPS) is 19.7. The van der Waals surface area contributed by atoms with Crippen LogP contribution in [0.1, 0.15) is 36.3 Å². The van der Waals surface area contributed by atoms with Gasteiger partial charge in [0.1, 0.15) is 0 Å². The van der Waals surface area contributed by atoms with Gasteiger partial charge in [0.15, 0.2) is 0 Å². The second-order valence-corrected chi connectivity index (χ2v) is 7.26. The van der Waals surface area contributed by atoms with Crippen molar-refractivity contribution in [2.45, 2.75) is 51.5 Å². The third kappa shape index (κ3) is 4.73. The molecule has 2 aromatic heterocycles. The molecule has 2 aliphatic heterocycles. The number of carbonyl (C=O) groups is 1. The van der Waals surface area contributed by atoms with E-state index in [0.717, 1.165) is 50.4 Å². The summed E-state index contributed by atoms with van der Waals surface area (Å²) in [4.78, 5) is 18.9. The summed E-state index contributed by atoms with van der Waals surface area (Å²) in [6, 6.07) is 7.95. The predicted molar refractivity (Wildman–Crippen MR) is 101 cm³/mol. The highest BCUT2D eigenvalue weighted by molar-refractivity contribution is 5.76. The molecule has 0 aromatic carbocycles. The Kier molecular flexibility index (Phi) is 5.79. The molecule has 4 heterocycles. The van der Waals surface area contributed by atoms with E-state index in [4.69, 9.17) is 4.74 Å². The molecule has 144 valence electrons. The zero-order valence-electron chi connectivity index (χ0n) is 15.6. The topological polar surface area (TPSA) is 72.3 Å². The van der Waals surface area contributed by atoms with E-state index in [-0.39, 0.29) is 12.0 Å². The molecule has 0 radical (unpaired) electrons. The van der Waals surface area contributed by atoms with Crippen molar-refractivity contribution in [1.29, 1.82) is 0 Å². The van der Waals surface area contributed by atoms with Gasteiger partial charge in [-0.1, -0.05) is 6.07 Å². The largest absolute Gasteiger partial charge is 0.370 e. The molecular weight excluding hydrogens is 342 g/mol. The Hall–Kier alpha value is -2.25. The number of amides is 1. The average molecular weight is 369 g/mol. The maximum Gasteiger partial charge on any atom is 0.223 e. The number of pyridine rings is 1. The third-order valence-corrected chi connectivity index (χ3v) is 5.24. The van der Waals surface area contributed by atoms with E-state index in [1.54, 1.807) is 6.20 Å². The molecular formula is C20H27N5O2. The van der Waals surface area contributed by atoms with Crippen molar-refractivity contribution in [1.82, 2.24) is 25.0 Å². The Bertz CT molecular complexity index is 737. The number of likely N-dealkylation sites (tertiary alicyclic amines) is 1. The van der Waals surface area contributed by atoms with E-state index in [1.807, 2.05) is 23.1 Å². The van der Waals surface area contributed by atoms with E-state index >= 15 is 0 Å². The van der Waals surface area contributed by atoms with E-state index in [0.29, 0.717) is 26.0 Å². The Morgan fingerprint density at radius 1 is 1.30 bits per heavy atom. The van der Waals surface area contributed by atoms with Crippen LogP contribution in [0.5, 0.6) is 0 Å². The summed E-state index contributed by atoms with van der Waals surface area (Å²) in [5.74, 6) is 0.199. The molecule has 1 saturated heterocycles. The fourth-order valence-corrected chi connectivity index (χ4v) is 3.76. The van der Waals surface area contributed by atoms with Gasteiger partial charge in [0.25, 0.3) is 0 Å². The first kappa shape index (κ1) is 18.1. The highest BCUT2D eigenvalue weighted by atomic mass is 16.5. The molecule has 1 fully saturated rings. The van der Waals surface area contributed by atoms with Gasteiger partial charge >= 0.3 is 0 Å². The molecule has 27 heavy (non-hydrogen) atoms. The first-order valence-corrected chi connectivity index (χ1v) is 9.83. The molecule has 4 rings (SSSR count). The molecule has 1 amide bonds. The van der Waals surface area contributed by atoms with Crippen molar-refractivity contribution >= 4 is 5.91 Å². The van der Waals surface area contributed by atoms with Gasteiger partial charge in [-0.05, 0) is 31.0 Å². The van der Waals surface area contributed by atoms with Crippen molar-refractivity contribution in [3.05, 3.63) is 47.5 Å². The number of nitrogens with zero attached hydrogens (tertiary/aromatic N) is 4. The van der Waals surface area contributed by atoms with Crippen LogP contribution in [0, 0.1) is 0 Å². The van der Waals surface area contributed by atoms with Crippen molar-refractivity contribution in [3.8, 4) is 0 Å². The molecule has 0 unspecified atom stereocenters. The van der Waals surface area contributed by atoms with Crippen molar-refractivity contribution in [2.75, 3.05) is 19.6 Å². The minimum atomic E-state index is 0.0932. The van der Waals surface area contributed by atoms with Gasteiger partial charge in [-0.15, -0.1) is 0 Å². The van der Waals surface area contributed by atoms with Gasteiger partial charge < -0.3 is 15.0 Å². The molecule has 1 N–H and O–H groups in total. The lowest BCUT2D eigenvalue weighted by molar-refractivity contribution is -0.135. The quantitative estimate of drug-likeness (QED) is 0.836. The van der Waals surface area contributed by atoms with E-state index in [9.17, 15) is 4.79 Å². The summed E-state index contributed by atoms with van der Waals surface area (Å²) in [5.41, 5.74) is 3.16. The highest BCUT2D eigenvalue weighted by Gasteiger charge is 2.24. The SMILES string of the molecule is O=C(CCc1cc2n(n1)CCNC2)N1CCC[C@H](OCc2ccccn2)C1. The van der Waals surface area contributed by atoms with E-state index < -0.39 is 0 Å². The fraction of sp³-hybridized carbons (Fsp3) is 0.550. The number of aromatic nitrogens is 3. The van der Waals surface area contributed by atoms with Gasteiger partial charge in [0.2, 0.25) is 5.91 Å². The molecule has 2 aliphatic rings. The van der Waals surface area contributed by atoms with Gasteiger partial charge in [-0.25, -0.2) is 0 Å². The maximum atomic E-state index is 12.6. The van der Waals surface area contributed by atoms with E-state index in [2.05, 4.69) is 26.1 Å². The molecule has 1 atom stereocenters. The zero-order chi connectivity index (χ0) is 18.5. The van der Waals surface area contributed by atoms with Crippen LogP contribution in [0.3, 0.4) is 0 Å². The smallest absolute Gasteiger partial charge is 0.223 e. The van der Waals surface area contributed by atoms with Crippen LogP contribution < -0.4 is 5.32 Å². The number of ether oxygens (including phenoxy) is 1. The molecule has 0 saturated carbocycles. The number of rotatable bonds is 6. The van der Waals surface area contributed by atoms with Crippen LogP contribution >= 0.6 is 0 Å². The highest BCUT2D eigenvalue weighted by Crippen LogP contribution is 2.17. The van der Waals surface area contributed by atoms with Gasteiger partial charge in [-0.2, -0.15) is 5.10 Å². The van der Waals surface area contributed by atoms with Crippen LogP contribution in [0.25, 0.3) is 0 Å². The Balaban J connectivity index is 1.25. The number of nitrogens with one attached hydrogen (secondary N) is 1. The standard InChI is InChI=1S/C20H27N5O2/c26-20(7-6-16-12-18-13-21-9-11-25(18)23-16)24-10-3-5-19(14-24)27-15-17-4-1-2-8-22-17/h1-2,4,8,12,19,21H,3,5-7,9-11,13-15H2/t19-/m0/s1. The van der Waals surface area contributed by atoms with Crippen LogP contribution in [-0.4, -0.2) is 51.3 Å². The molecule has 0 spiro atoms. The van der Waals surface area contributed by atoms with Gasteiger partial charge in [0.05, 0.1) is 36.3 Å². The molecule has 7 heteroatoms. The third-order valence-electron chi connectivity index (χ3n) is 5.24. The average Bonchev–Trinajstić information content (AvgIpc) is 3.14. The summed E-state index contributed by atoms with van der Waals surface area (Å²) in [5, 5.41) is 7.97. The number of carbonyl (C=O) groups excluding carboxylic acids is 1. The summed E-state index contributed by atoms with van der Waals surface area (Å²) < 4.78 is 8.04. The zero-order valence-corrected chi connectivity index (χ0v) is 15.6. The lowest BCUT2D eigenvalue weighted by atomic mass is 10.1. The fourth-order valence-electron chi connectivity index (χ4n) is 3.76. The molecule has 0 bridgehead atoms. The first-order valence-electron chi connectivity index (χ1n) is 9.83. The Morgan fingerprint density at radius 2 is 2.26 bits per heavy atom. The summed E-state index contributed by atoms with van der Waals surface area (Å²) in [6.07, 6.45) is 5.07. The predicted octanol–water partition coefficient (Wildman–Crippen LogP) is 1.52. The number of hydrogen-bond donors (Lipinski definition) is 1. The number of hydrogen-bond acceptors (Lipinski definition) is 5. The van der Waals surface area contributed by atoms with Crippen LogP contribution in [0.4, 0.5) is 0 Å². The summed E-state index contributed by atoms with van der Waals surface area (Å²) in [7, 11) is 0. The number of aryl methyl sites for hydroxylation is 1. The minimum Gasteiger partial charge on any atom is -0.370 e. The molecule has 2 aromatic rings.